The molecular formula is C13H24N2OS. The van der Waals surface area contributed by atoms with Crippen molar-refractivity contribution in [3.8, 4) is 0 Å². The zero-order valence-corrected chi connectivity index (χ0v) is 11.8. The molecule has 0 aromatic carbocycles. The van der Waals surface area contributed by atoms with Crippen molar-refractivity contribution in [2.75, 3.05) is 13.7 Å². The molecule has 3 nitrogen and oxygen atoms in total. The predicted octanol–water partition coefficient (Wildman–Crippen LogP) is 2.30. The second-order valence-corrected chi connectivity index (χ2v) is 5.71. The van der Waals surface area contributed by atoms with E-state index in [1.54, 1.807) is 0 Å². The third-order valence-corrected chi connectivity index (χ3v) is 4.49. The first-order chi connectivity index (χ1) is 8.18. The van der Waals surface area contributed by atoms with Gasteiger partial charge in [0.15, 0.2) is 5.11 Å². The minimum atomic E-state index is 0.297. The Bertz CT molecular complexity index is 266. The Morgan fingerprint density at radius 3 is 2.53 bits per heavy atom. The highest BCUT2D eigenvalue weighted by Crippen LogP contribution is 2.20. The zero-order chi connectivity index (χ0) is 12.3. The normalized spacial score (nSPS) is 30.2. The quantitative estimate of drug-likeness (QED) is 0.766. The van der Waals surface area contributed by atoms with Crippen molar-refractivity contribution in [2.24, 2.45) is 0 Å². The molecular weight excluding hydrogens is 232 g/mol. The smallest absolute Gasteiger partial charge is 0.169 e. The molecule has 2 unspecified atom stereocenters. The van der Waals surface area contributed by atoms with Crippen molar-refractivity contribution in [3.63, 3.8) is 0 Å². The van der Waals surface area contributed by atoms with E-state index in [0.717, 1.165) is 18.1 Å². The lowest BCUT2D eigenvalue weighted by Gasteiger charge is -2.32. The fourth-order valence-corrected chi connectivity index (χ4v) is 3.21. The SMILES string of the molecule is CC1OCCC1N(C)C(=S)NC1CCCCC1. The minimum Gasteiger partial charge on any atom is -0.376 e. The van der Waals surface area contributed by atoms with E-state index in [9.17, 15) is 0 Å². The number of hydrogen-bond donors (Lipinski definition) is 1. The van der Waals surface area contributed by atoms with Gasteiger partial charge in [0.05, 0.1) is 12.1 Å². The van der Waals surface area contributed by atoms with Gasteiger partial charge in [-0.25, -0.2) is 0 Å². The average Bonchev–Trinajstić information content (AvgIpc) is 2.76. The number of likely N-dealkylation sites (N-methyl/N-ethyl adjacent to an activating group) is 1. The third kappa shape index (κ3) is 3.32. The van der Waals surface area contributed by atoms with E-state index in [-0.39, 0.29) is 0 Å². The maximum Gasteiger partial charge on any atom is 0.169 e. The number of hydrogen-bond acceptors (Lipinski definition) is 2. The lowest BCUT2D eigenvalue weighted by molar-refractivity contribution is 0.0994. The average molecular weight is 256 g/mol. The van der Waals surface area contributed by atoms with Crippen LogP contribution in [0.1, 0.15) is 45.4 Å². The van der Waals surface area contributed by atoms with Gasteiger partial charge in [-0.15, -0.1) is 0 Å². The molecule has 0 radical (unpaired) electrons. The van der Waals surface area contributed by atoms with Crippen LogP contribution in [0.4, 0.5) is 0 Å². The Balaban J connectivity index is 1.81. The standard InChI is InChI=1S/C13H24N2OS/c1-10-12(8-9-16-10)15(2)13(17)14-11-6-4-3-5-7-11/h10-12H,3-9H2,1-2H3,(H,14,17). The van der Waals surface area contributed by atoms with E-state index < -0.39 is 0 Å². The summed E-state index contributed by atoms with van der Waals surface area (Å²) in [6, 6.07) is 1.04. The lowest BCUT2D eigenvalue weighted by Crippen LogP contribution is -2.49. The third-order valence-electron chi connectivity index (χ3n) is 4.09. The van der Waals surface area contributed by atoms with Crippen molar-refractivity contribution < 1.29 is 4.74 Å². The molecule has 0 amide bonds. The fraction of sp³-hybridized carbons (Fsp3) is 0.923. The van der Waals surface area contributed by atoms with Crippen LogP contribution < -0.4 is 5.32 Å². The molecule has 0 aromatic rings. The molecule has 0 aromatic heterocycles. The molecule has 1 aliphatic heterocycles. The van der Waals surface area contributed by atoms with Gasteiger partial charge in [-0.1, -0.05) is 19.3 Å². The molecule has 0 spiro atoms. The molecule has 1 N–H and O–H groups in total. The van der Waals surface area contributed by atoms with Crippen LogP contribution in [0.15, 0.2) is 0 Å². The topological polar surface area (TPSA) is 24.5 Å². The number of nitrogens with one attached hydrogen (secondary N) is 1. The van der Waals surface area contributed by atoms with E-state index in [1.807, 2.05) is 0 Å². The molecule has 98 valence electrons. The number of ether oxygens (including phenoxy) is 1. The van der Waals surface area contributed by atoms with Crippen molar-refractivity contribution in [1.82, 2.24) is 10.2 Å². The van der Waals surface area contributed by atoms with Gasteiger partial charge in [0.25, 0.3) is 0 Å². The highest BCUT2D eigenvalue weighted by atomic mass is 32.1. The summed E-state index contributed by atoms with van der Waals surface area (Å²) in [5, 5.41) is 4.42. The lowest BCUT2D eigenvalue weighted by atomic mass is 9.96. The molecule has 2 rings (SSSR count). The molecule has 2 aliphatic rings. The largest absolute Gasteiger partial charge is 0.376 e. The monoisotopic (exact) mass is 256 g/mol. The van der Waals surface area contributed by atoms with E-state index in [1.165, 1.54) is 32.1 Å². The van der Waals surface area contributed by atoms with E-state index in [2.05, 4.69) is 24.2 Å². The molecule has 1 heterocycles. The van der Waals surface area contributed by atoms with Crippen molar-refractivity contribution in [2.45, 2.75) is 63.6 Å². The second kappa shape index (κ2) is 6.01. The number of thiocarbonyl (C=S) groups is 1. The summed E-state index contributed by atoms with van der Waals surface area (Å²) in [6.07, 6.45) is 7.99. The first-order valence-electron chi connectivity index (χ1n) is 6.83. The van der Waals surface area contributed by atoms with Gasteiger partial charge in [-0.05, 0) is 38.4 Å². The Labute approximate surface area is 110 Å². The van der Waals surface area contributed by atoms with E-state index >= 15 is 0 Å². The minimum absolute atomic E-state index is 0.297. The summed E-state index contributed by atoms with van der Waals surface area (Å²) in [6.45, 7) is 3.00. The van der Waals surface area contributed by atoms with Gasteiger partial charge < -0.3 is 15.0 Å². The second-order valence-electron chi connectivity index (χ2n) is 5.33. The van der Waals surface area contributed by atoms with Crippen LogP contribution in [0.2, 0.25) is 0 Å². The van der Waals surface area contributed by atoms with Gasteiger partial charge >= 0.3 is 0 Å². The van der Waals surface area contributed by atoms with Gasteiger partial charge in [-0.2, -0.15) is 0 Å². The van der Waals surface area contributed by atoms with Crippen LogP contribution in [0.25, 0.3) is 0 Å². The Morgan fingerprint density at radius 2 is 1.94 bits per heavy atom. The van der Waals surface area contributed by atoms with E-state index in [4.69, 9.17) is 17.0 Å². The summed E-state index contributed by atoms with van der Waals surface area (Å²) < 4.78 is 5.60. The van der Waals surface area contributed by atoms with Crippen LogP contribution >= 0.6 is 12.2 Å². The van der Waals surface area contributed by atoms with Crippen LogP contribution in [-0.4, -0.2) is 41.9 Å². The molecule has 4 heteroatoms. The van der Waals surface area contributed by atoms with Crippen LogP contribution in [0.5, 0.6) is 0 Å². The highest BCUT2D eigenvalue weighted by molar-refractivity contribution is 7.80. The summed E-state index contributed by atoms with van der Waals surface area (Å²) in [4.78, 5) is 2.20. The number of nitrogens with zero attached hydrogens (tertiary/aromatic N) is 1. The van der Waals surface area contributed by atoms with Gasteiger partial charge in [-0.3, -0.25) is 0 Å². The van der Waals surface area contributed by atoms with Gasteiger partial charge in [0.2, 0.25) is 0 Å². The molecule has 2 atom stereocenters. The molecule has 0 bridgehead atoms. The Hall–Kier alpha value is -0.350. The zero-order valence-electron chi connectivity index (χ0n) is 10.9. The first kappa shape index (κ1) is 13.1. The van der Waals surface area contributed by atoms with Crippen molar-refractivity contribution in [1.29, 1.82) is 0 Å². The molecule has 1 saturated heterocycles. The molecule has 17 heavy (non-hydrogen) atoms. The predicted molar refractivity (Wildman–Crippen MR) is 74.2 cm³/mol. The maximum absolute atomic E-state index is 5.60. The van der Waals surface area contributed by atoms with E-state index in [0.29, 0.717) is 18.2 Å². The summed E-state index contributed by atoms with van der Waals surface area (Å²) in [7, 11) is 2.09. The van der Waals surface area contributed by atoms with Crippen LogP contribution in [0.3, 0.4) is 0 Å². The molecule has 1 aliphatic carbocycles. The summed E-state index contributed by atoms with van der Waals surface area (Å²) in [5.41, 5.74) is 0. The first-order valence-corrected chi connectivity index (χ1v) is 7.24. The summed E-state index contributed by atoms with van der Waals surface area (Å²) >= 11 is 5.51. The highest BCUT2D eigenvalue weighted by Gasteiger charge is 2.29. The molecule has 2 fully saturated rings. The Kier molecular flexibility index (Phi) is 4.62. The van der Waals surface area contributed by atoms with Crippen molar-refractivity contribution >= 4 is 17.3 Å². The fourth-order valence-electron chi connectivity index (χ4n) is 2.90. The van der Waals surface area contributed by atoms with Crippen LogP contribution in [-0.2, 0) is 4.74 Å². The maximum atomic E-state index is 5.60. The van der Waals surface area contributed by atoms with Gasteiger partial charge in [0, 0.05) is 19.7 Å². The molecule has 1 saturated carbocycles. The van der Waals surface area contributed by atoms with Gasteiger partial charge in [0.1, 0.15) is 0 Å². The van der Waals surface area contributed by atoms with Crippen molar-refractivity contribution in [3.05, 3.63) is 0 Å². The number of rotatable bonds is 2. The summed E-state index contributed by atoms with van der Waals surface area (Å²) in [5.74, 6) is 0. The van der Waals surface area contributed by atoms with Crippen LogP contribution in [0, 0.1) is 0 Å². The Morgan fingerprint density at radius 1 is 1.24 bits per heavy atom.